The standard InChI is InChI=1S/C20H29N3O4/c1-6-16(20(26)27-7-2)15(5)22-23-19(25)11-10-18(24)21-17-9-8-13(3)12-14(17)4/h8-9,12,16H,6-7,10-11H2,1-5H3,(H,21,24)(H,23,25)/b22-15-/t16-/m0/s1. The lowest BCUT2D eigenvalue weighted by Gasteiger charge is -2.13. The van der Waals surface area contributed by atoms with E-state index in [0.29, 0.717) is 18.7 Å². The molecule has 0 aliphatic carbocycles. The summed E-state index contributed by atoms with van der Waals surface area (Å²) in [5.41, 5.74) is 5.69. The van der Waals surface area contributed by atoms with Crippen molar-refractivity contribution < 1.29 is 19.1 Å². The van der Waals surface area contributed by atoms with E-state index in [9.17, 15) is 14.4 Å². The van der Waals surface area contributed by atoms with Crippen LogP contribution < -0.4 is 10.7 Å². The van der Waals surface area contributed by atoms with Crippen molar-refractivity contribution in [2.45, 2.75) is 53.9 Å². The second-order valence-corrected chi connectivity index (χ2v) is 6.37. The lowest BCUT2D eigenvalue weighted by atomic mass is 10.0. The van der Waals surface area contributed by atoms with Crippen LogP contribution in [0.2, 0.25) is 0 Å². The highest BCUT2D eigenvalue weighted by Crippen LogP contribution is 2.16. The first-order chi connectivity index (χ1) is 12.8. The zero-order chi connectivity index (χ0) is 20.4. The highest BCUT2D eigenvalue weighted by atomic mass is 16.5. The van der Waals surface area contributed by atoms with Gasteiger partial charge in [-0.1, -0.05) is 24.6 Å². The summed E-state index contributed by atoms with van der Waals surface area (Å²) in [6.07, 6.45) is 0.578. The highest BCUT2D eigenvalue weighted by molar-refractivity contribution is 6.01. The average molecular weight is 375 g/mol. The van der Waals surface area contributed by atoms with Gasteiger partial charge < -0.3 is 10.1 Å². The number of benzene rings is 1. The van der Waals surface area contributed by atoms with Gasteiger partial charge in [-0.25, -0.2) is 5.43 Å². The van der Waals surface area contributed by atoms with Crippen molar-refractivity contribution in [1.82, 2.24) is 5.43 Å². The number of ether oxygens (including phenoxy) is 1. The number of aryl methyl sites for hydroxylation is 2. The molecule has 0 bridgehead atoms. The second kappa shape index (κ2) is 11.1. The first-order valence-corrected chi connectivity index (χ1v) is 9.15. The average Bonchev–Trinajstić information content (AvgIpc) is 2.61. The third-order valence-corrected chi connectivity index (χ3v) is 4.08. The fraction of sp³-hybridized carbons (Fsp3) is 0.500. The molecule has 1 aromatic carbocycles. The number of nitrogens with zero attached hydrogens (tertiary/aromatic N) is 1. The topological polar surface area (TPSA) is 96.9 Å². The van der Waals surface area contributed by atoms with Crippen LogP contribution in [0.1, 0.15) is 51.2 Å². The number of carbonyl (C=O) groups is 3. The molecule has 7 heteroatoms. The van der Waals surface area contributed by atoms with Crippen LogP contribution >= 0.6 is 0 Å². The number of hydrogen-bond donors (Lipinski definition) is 2. The largest absolute Gasteiger partial charge is 0.465 e. The summed E-state index contributed by atoms with van der Waals surface area (Å²) in [6.45, 7) is 9.45. The molecule has 0 unspecified atom stereocenters. The minimum absolute atomic E-state index is 0.00369. The minimum atomic E-state index is -0.488. The summed E-state index contributed by atoms with van der Waals surface area (Å²) >= 11 is 0. The van der Waals surface area contributed by atoms with E-state index < -0.39 is 5.92 Å². The summed E-state index contributed by atoms with van der Waals surface area (Å²) in [4.78, 5) is 35.8. The first-order valence-electron chi connectivity index (χ1n) is 9.15. The lowest BCUT2D eigenvalue weighted by Crippen LogP contribution is -2.27. The molecule has 1 atom stereocenters. The Morgan fingerprint density at radius 3 is 2.37 bits per heavy atom. The Hall–Kier alpha value is -2.70. The van der Waals surface area contributed by atoms with Gasteiger partial charge in [0.15, 0.2) is 0 Å². The van der Waals surface area contributed by atoms with Crippen molar-refractivity contribution in [2.75, 3.05) is 11.9 Å². The van der Waals surface area contributed by atoms with E-state index in [-0.39, 0.29) is 30.6 Å². The molecule has 27 heavy (non-hydrogen) atoms. The number of nitrogens with one attached hydrogen (secondary N) is 2. The Kier molecular flexibility index (Phi) is 9.19. The fourth-order valence-electron chi connectivity index (χ4n) is 2.55. The number of amides is 2. The van der Waals surface area contributed by atoms with Crippen molar-refractivity contribution in [3.8, 4) is 0 Å². The van der Waals surface area contributed by atoms with Crippen molar-refractivity contribution in [2.24, 2.45) is 11.0 Å². The van der Waals surface area contributed by atoms with E-state index in [4.69, 9.17) is 4.74 Å². The zero-order valence-corrected chi connectivity index (χ0v) is 16.7. The molecule has 2 amide bonds. The van der Waals surface area contributed by atoms with Crippen LogP contribution in [0.15, 0.2) is 23.3 Å². The SMILES string of the molecule is CCOC(=O)[C@@H](CC)/C(C)=N\NC(=O)CCC(=O)Nc1ccc(C)cc1C. The van der Waals surface area contributed by atoms with Crippen molar-refractivity contribution in [3.63, 3.8) is 0 Å². The maximum Gasteiger partial charge on any atom is 0.314 e. The Bertz CT molecular complexity index is 713. The zero-order valence-electron chi connectivity index (χ0n) is 16.7. The van der Waals surface area contributed by atoms with Crippen LogP contribution in [-0.2, 0) is 19.1 Å². The van der Waals surface area contributed by atoms with E-state index in [2.05, 4.69) is 15.8 Å². The molecule has 0 heterocycles. The Morgan fingerprint density at radius 1 is 1.11 bits per heavy atom. The molecular formula is C20H29N3O4. The number of hydrogen-bond acceptors (Lipinski definition) is 5. The van der Waals surface area contributed by atoms with Crippen LogP contribution in [0.25, 0.3) is 0 Å². The monoisotopic (exact) mass is 375 g/mol. The molecule has 0 radical (unpaired) electrons. The van der Waals surface area contributed by atoms with Crippen LogP contribution in [0, 0.1) is 19.8 Å². The number of rotatable bonds is 9. The molecule has 0 aliphatic heterocycles. The van der Waals surface area contributed by atoms with Crippen molar-refractivity contribution >= 4 is 29.2 Å². The van der Waals surface area contributed by atoms with Gasteiger partial charge in [-0.15, -0.1) is 0 Å². The number of hydrazone groups is 1. The molecule has 0 aliphatic rings. The third-order valence-electron chi connectivity index (χ3n) is 4.08. The molecule has 0 aromatic heterocycles. The summed E-state index contributed by atoms with van der Waals surface area (Å²) in [6, 6.07) is 5.74. The van der Waals surface area contributed by atoms with E-state index in [1.54, 1.807) is 13.8 Å². The number of anilines is 1. The minimum Gasteiger partial charge on any atom is -0.465 e. The van der Waals surface area contributed by atoms with Gasteiger partial charge in [0.1, 0.15) is 0 Å². The lowest BCUT2D eigenvalue weighted by molar-refractivity contribution is -0.145. The number of esters is 1. The van der Waals surface area contributed by atoms with Gasteiger partial charge >= 0.3 is 5.97 Å². The van der Waals surface area contributed by atoms with Crippen LogP contribution in [0.4, 0.5) is 5.69 Å². The maximum atomic E-state index is 12.0. The van der Waals surface area contributed by atoms with Gasteiger partial charge in [0.05, 0.1) is 12.5 Å². The molecule has 2 N–H and O–H groups in total. The first kappa shape index (κ1) is 22.3. The second-order valence-electron chi connectivity index (χ2n) is 6.37. The van der Waals surface area contributed by atoms with E-state index in [0.717, 1.165) is 16.8 Å². The summed E-state index contributed by atoms with van der Waals surface area (Å²) in [5.74, 6) is -1.47. The predicted molar refractivity (Wildman–Crippen MR) is 105 cm³/mol. The Balaban J connectivity index is 2.49. The van der Waals surface area contributed by atoms with Crippen LogP contribution in [-0.4, -0.2) is 30.1 Å². The predicted octanol–water partition coefficient (Wildman–Crippen LogP) is 3.10. The van der Waals surface area contributed by atoms with Gasteiger partial charge in [-0.2, -0.15) is 5.10 Å². The van der Waals surface area contributed by atoms with E-state index in [1.807, 2.05) is 39.0 Å². The van der Waals surface area contributed by atoms with Gasteiger partial charge in [0.25, 0.3) is 0 Å². The molecule has 148 valence electrons. The molecule has 7 nitrogen and oxygen atoms in total. The van der Waals surface area contributed by atoms with Crippen molar-refractivity contribution in [3.05, 3.63) is 29.3 Å². The van der Waals surface area contributed by atoms with Crippen LogP contribution in [0.3, 0.4) is 0 Å². The molecule has 0 saturated carbocycles. The van der Waals surface area contributed by atoms with E-state index >= 15 is 0 Å². The molecular weight excluding hydrogens is 346 g/mol. The summed E-state index contributed by atoms with van der Waals surface area (Å²) in [5, 5.41) is 6.77. The smallest absolute Gasteiger partial charge is 0.314 e. The molecule has 1 aromatic rings. The maximum absolute atomic E-state index is 12.0. The normalized spacial score (nSPS) is 12.3. The van der Waals surface area contributed by atoms with Crippen molar-refractivity contribution in [1.29, 1.82) is 0 Å². The third kappa shape index (κ3) is 7.60. The molecule has 0 spiro atoms. The number of carbonyl (C=O) groups excluding carboxylic acids is 3. The summed E-state index contributed by atoms with van der Waals surface area (Å²) in [7, 11) is 0. The molecule has 1 rings (SSSR count). The van der Waals surface area contributed by atoms with E-state index in [1.165, 1.54) is 0 Å². The quantitative estimate of drug-likeness (QED) is 0.394. The van der Waals surface area contributed by atoms with Gasteiger partial charge in [0.2, 0.25) is 11.8 Å². The summed E-state index contributed by atoms with van der Waals surface area (Å²) < 4.78 is 4.99. The van der Waals surface area contributed by atoms with Crippen LogP contribution in [0.5, 0.6) is 0 Å². The molecule has 0 fully saturated rings. The van der Waals surface area contributed by atoms with Gasteiger partial charge in [-0.05, 0) is 45.7 Å². The molecule has 0 saturated heterocycles. The fourth-order valence-corrected chi connectivity index (χ4v) is 2.55. The van der Waals surface area contributed by atoms with Gasteiger partial charge in [0, 0.05) is 24.2 Å². The highest BCUT2D eigenvalue weighted by Gasteiger charge is 2.21. The Morgan fingerprint density at radius 2 is 1.78 bits per heavy atom. The van der Waals surface area contributed by atoms with Gasteiger partial charge in [-0.3, -0.25) is 14.4 Å². The Labute approximate surface area is 160 Å².